The molecule has 0 radical (unpaired) electrons. The number of hydrogen-bond acceptors (Lipinski definition) is 7. The fourth-order valence-corrected chi connectivity index (χ4v) is 5.54. The predicted molar refractivity (Wildman–Crippen MR) is 162 cm³/mol. The zero-order valence-electron chi connectivity index (χ0n) is 24.1. The number of anilines is 2. The van der Waals surface area contributed by atoms with E-state index in [1.165, 1.54) is 47.0 Å². The van der Waals surface area contributed by atoms with E-state index in [0.29, 0.717) is 41.1 Å². The van der Waals surface area contributed by atoms with Crippen molar-refractivity contribution in [2.45, 2.75) is 52.1 Å². The Hall–Kier alpha value is -4.43. The second-order valence-corrected chi connectivity index (χ2v) is 11.4. The van der Waals surface area contributed by atoms with E-state index >= 15 is 0 Å². The third kappa shape index (κ3) is 7.74. The van der Waals surface area contributed by atoms with Crippen LogP contribution in [0.15, 0.2) is 72.1 Å². The summed E-state index contributed by atoms with van der Waals surface area (Å²) in [5.74, 6) is 1.17. The number of thioether (sulfide) groups is 1. The molecule has 2 aromatic heterocycles. The van der Waals surface area contributed by atoms with Crippen molar-refractivity contribution in [3.05, 3.63) is 89.6 Å². The van der Waals surface area contributed by atoms with Gasteiger partial charge >= 0.3 is 12.4 Å². The van der Waals surface area contributed by atoms with Crippen molar-refractivity contribution in [3.63, 3.8) is 0 Å². The number of amidine groups is 1. The lowest BCUT2D eigenvalue weighted by molar-refractivity contribution is -0.274. The second-order valence-electron chi connectivity index (χ2n) is 10.4. The van der Waals surface area contributed by atoms with Gasteiger partial charge < -0.3 is 9.84 Å². The zero-order valence-corrected chi connectivity index (χ0v) is 24.9. The number of hydrogen-bond donors (Lipinski definition) is 2. The Morgan fingerprint density at radius 1 is 1.14 bits per heavy atom. The second kappa shape index (κ2) is 13.1. The number of aliphatic imine (C=N–C) groups is 1. The molecule has 1 unspecified atom stereocenters. The molecule has 2 N–H and O–H groups in total. The molecule has 3 heterocycles. The van der Waals surface area contributed by atoms with Crippen LogP contribution < -0.4 is 15.0 Å². The third-order valence-electron chi connectivity index (χ3n) is 6.70. The average Bonchev–Trinajstić information content (AvgIpc) is 3.58. The largest absolute Gasteiger partial charge is 0.573 e. The minimum absolute atomic E-state index is 0.218. The number of aliphatic hydroxyl groups excluding tert-OH is 1. The highest BCUT2D eigenvalue weighted by atomic mass is 32.2. The van der Waals surface area contributed by atoms with Gasteiger partial charge in [-0.05, 0) is 72.4 Å². The van der Waals surface area contributed by atoms with Gasteiger partial charge in [-0.2, -0.15) is 10.1 Å². The van der Waals surface area contributed by atoms with Crippen molar-refractivity contribution < 1.29 is 27.8 Å². The van der Waals surface area contributed by atoms with Crippen molar-refractivity contribution in [1.29, 1.82) is 0 Å². The van der Waals surface area contributed by atoms with Gasteiger partial charge in [-0.15, -0.1) is 13.2 Å². The van der Waals surface area contributed by atoms with E-state index in [-0.39, 0.29) is 11.7 Å². The first-order chi connectivity index (χ1) is 20.9. The molecule has 1 fully saturated rings. The molecule has 44 heavy (non-hydrogen) atoms. The van der Waals surface area contributed by atoms with E-state index in [4.69, 9.17) is 0 Å². The Labute approximate surface area is 256 Å². The summed E-state index contributed by atoms with van der Waals surface area (Å²) in [5.41, 5.74) is 4.35. The summed E-state index contributed by atoms with van der Waals surface area (Å²) in [5, 5.41) is 18.2. The lowest BCUT2D eigenvalue weighted by Gasteiger charge is -2.26. The molecule has 2 aromatic carbocycles. The number of benzene rings is 2. The maximum atomic E-state index is 12.8. The van der Waals surface area contributed by atoms with Gasteiger partial charge in [0.15, 0.2) is 11.0 Å². The molecule has 230 valence electrons. The van der Waals surface area contributed by atoms with Gasteiger partial charge in [-0.25, -0.2) is 19.4 Å². The highest BCUT2D eigenvalue weighted by Crippen LogP contribution is 2.35. The minimum atomic E-state index is -4.75. The third-order valence-corrected chi connectivity index (χ3v) is 7.71. The maximum Gasteiger partial charge on any atom is 0.573 e. The molecular weight excluding hydrogens is 595 g/mol. The minimum Gasteiger partial charge on any atom is -0.406 e. The van der Waals surface area contributed by atoms with Crippen LogP contribution >= 0.6 is 11.8 Å². The summed E-state index contributed by atoms with van der Waals surface area (Å²) in [4.78, 5) is 27.3. The molecule has 0 saturated carbocycles. The number of aromatic nitrogens is 4. The van der Waals surface area contributed by atoms with E-state index in [0.717, 1.165) is 22.4 Å². The summed E-state index contributed by atoms with van der Waals surface area (Å²) >= 11 is 1.31. The standard InChI is InChI=1S/C30H30F3N7O3S/c1-18(2)23-11-4-19(3)14-24(23)40-27(41)16-44-29(40)37-28(42)36-25-12-5-20(15-34-25)6-13-26-35-17-39(38-26)21-7-9-22(10-8-21)43-30(31,32)33/h4-5,7-12,14-15,17-18,27,41H,6,13,16H2,1-3H3,(H,34,36,42)/b37-29-. The number of aliphatic hydroxyl groups is 1. The molecule has 4 aromatic rings. The summed E-state index contributed by atoms with van der Waals surface area (Å²) in [6.45, 7) is 6.14. The van der Waals surface area contributed by atoms with Crippen LogP contribution in [0.3, 0.4) is 0 Å². The number of carbonyl (C=O) groups excluding carboxylic acids is 1. The Morgan fingerprint density at radius 3 is 2.59 bits per heavy atom. The first-order valence-corrected chi connectivity index (χ1v) is 14.8. The molecule has 0 aliphatic carbocycles. The first kappa shape index (κ1) is 31.0. The summed E-state index contributed by atoms with van der Waals surface area (Å²) in [7, 11) is 0. The molecule has 5 rings (SSSR count). The molecule has 14 heteroatoms. The van der Waals surface area contributed by atoms with E-state index in [1.54, 1.807) is 17.2 Å². The molecule has 1 aliphatic rings. The fraction of sp³-hybridized carbons (Fsp3) is 0.300. The number of ether oxygens (including phenoxy) is 1. The Bertz CT molecular complexity index is 1640. The normalized spacial score (nSPS) is 16.1. The van der Waals surface area contributed by atoms with Crippen LogP contribution in [-0.4, -0.2) is 54.4 Å². The Balaban J connectivity index is 1.18. The lowest BCUT2D eigenvalue weighted by atomic mass is 9.98. The quantitative estimate of drug-likeness (QED) is 0.236. The van der Waals surface area contributed by atoms with Gasteiger partial charge in [0.1, 0.15) is 24.1 Å². The van der Waals surface area contributed by atoms with Crippen LogP contribution in [-0.2, 0) is 12.8 Å². The van der Waals surface area contributed by atoms with Crippen molar-refractivity contribution in [3.8, 4) is 11.4 Å². The number of amides is 2. The molecule has 10 nitrogen and oxygen atoms in total. The number of nitrogens with zero attached hydrogens (tertiary/aromatic N) is 6. The van der Waals surface area contributed by atoms with E-state index in [1.807, 2.05) is 31.2 Å². The van der Waals surface area contributed by atoms with E-state index < -0.39 is 18.6 Å². The average molecular weight is 626 g/mol. The van der Waals surface area contributed by atoms with Crippen molar-refractivity contribution in [1.82, 2.24) is 19.7 Å². The number of alkyl halides is 3. The molecule has 1 aliphatic heterocycles. The number of nitrogens with one attached hydrogen (secondary N) is 1. The lowest BCUT2D eigenvalue weighted by Crippen LogP contribution is -2.35. The highest BCUT2D eigenvalue weighted by molar-refractivity contribution is 8.14. The summed E-state index contributed by atoms with van der Waals surface area (Å²) in [6.07, 6.45) is -1.36. The van der Waals surface area contributed by atoms with Crippen LogP contribution in [0.2, 0.25) is 0 Å². The number of halogens is 3. The van der Waals surface area contributed by atoms with Crippen LogP contribution in [0.1, 0.15) is 42.3 Å². The topological polar surface area (TPSA) is 118 Å². The Kier molecular flexibility index (Phi) is 9.20. The predicted octanol–water partition coefficient (Wildman–Crippen LogP) is 6.24. The first-order valence-electron chi connectivity index (χ1n) is 13.8. The van der Waals surface area contributed by atoms with E-state index in [9.17, 15) is 23.1 Å². The van der Waals surface area contributed by atoms with Crippen LogP contribution in [0.5, 0.6) is 5.75 Å². The molecular formula is C30H30F3N7O3S. The van der Waals surface area contributed by atoms with Crippen LogP contribution in [0, 0.1) is 6.92 Å². The number of rotatable bonds is 8. The van der Waals surface area contributed by atoms with Crippen LogP contribution in [0.4, 0.5) is 29.5 Å². The monoisotopic (exact) mass is 625 g/mol. The van der Waals surface area contributed by atoms with Crippen molar-refractivity contribution >= 4 is 34.5 Å². The van der Waals surface area contributed by atoms with Gasteiger partial charge in [0.25, 0.3) is 0 Å². The molecule has 2 amide bonds. The van der Waals surface area contributed by atoms with Gasteiger partial charge in [0.05, 0.1) is 5.69 Å². The summed E-state index contributed by atoms with van der Waals surface area (Å²) < 4.78 is 42.5. The number of aryl methyl sites for hydroxylation is 3. The number of urea groups is 1. The maximum absolute atomic E-state index is 12.8. The SMILES string of the molecule is Cc1ccc(C(C)C)c(N2/C(=N/C(=O)Nc3ccc(CCc4ncn(-c5ccc(OC(F)(F)F)cc5)n4)cn3)SCC2O)c1. The van der Waals surface area contributed by atoms with Gasteiger partial charge in [0, 0.05) is 24.1 Å². The molecule has 0 bridgehead atoms. The van der Waals surface area contributed by atoms with Crippen molar-refractivity contribution in [2.75, 3.05) is 16.0 Å². The Morgan fingerprint density at radius 2 is 1.91 bits per heavy atom. The molecule has 1 atom stereocenters. The number of carbonyl (C=O) groups is 1. The van der Waals surface area contributed by atoms with Gasteiger partial charge in [-0.3, -0.25) is 10.2 Å². The zero-order chi connectivity index (χ0) is 31.4. The fourth-order valence-electron chi connectivity index (χ4n) is 4.58. The van der Waals surface area contributed by atoms with E-state index in [2.05, 4.69) is 44.0 Å². The summed E-state index contributed by atoms with van der Waals surface area (Å²) in [6, 6.07) is 14.3. The smallest absolute Gasteiger partial charge is 0.406 e. The molecule has 1 saturated heterocycles. The molecule has 0 spiro atoms. The van der Waals surface area contributed by atoms with Crippen molar-refractivity contribution in [2.24, 2.45) is 4.99 Å². The number of pyridine rings is 1. The van der Waals surface area contributed by atoms with Gasteiger partial charge in [-0.1, -0.05) is 43.8 Å². The van der Waals surface area contributed by atoms with Gasteiger partial charge in [0.2, 0.25) is 0 Å². The van der Waals surface area contributed by atoms with Crippen LogP contribution in [0.25, 0.3) is 5.69 Å². The highest BCUT2D eigenvalue weighted by Gasteiger charge is 2.33.